The van der Waals surface area contributed by atoms with E-state index in [4.69, 9.17) is 4.74 Å². The Labute approximate surface area is 181 Å². The van der Waals surface area contributed by atoms with Gasteiger partial charge in [-0.2, -0.15) is 0 Å². The van der Waals surface area contributed by atoms with E-state index < -0.39 is 11.0 Å². The van der Waals surface area contributed by atoms with Gasteiger partial charge in [-0.3, -0.25) is 14.9 Å². The summed E-state index contributed by atoms with van der Waals surface area (Å²) < 4.78 is 7.25. The Hall–Kier alpha value is -3.79. The third-order valence-corrected chi connectivity index (χ3v) is 5.86. The van der Waals surface area contributed by atoms with Crippen molar-refractivity contribution >= 4 is 38.8 Å². The van der Waals surface area contributed by atoms with Crippen LogP contribution in [0, 0.1) is 17.0 Å². The highest BCUT2D eigenvalue weighted by atomic mass is 32.1. The summed E-state index contributed by atoms with van der Waals surface area (Å²) in [6.07, 6.45) is 1.18. The number of nitro groups is 1. The van der Waals surface area contributed by atoms with E-state index in [0.717, 1.165) is 20.8 Å². The van der Waals surface area contributed by atoms with Crippen LogP contribution in [0.5, 0.6) is 5.88 Å². The van der Waals surface area contributed by atoms with Gasteiger partial charge in [0, 0.05) is 11.3 Å². The normalized spacial score (nSPS) is 12.0. The number of benzene rings is 2. The second-order valence-electron chi connectivity index (χ2n) is 6.99. The molecule has 0 bridgehead atoms. The Morgan fingerprint density at radius 1 is 1.26 bits per heavy atom. The fraction of sp³-hybridized carbons (Fsp3) is 0.190. The molecule has 0 saturated heterocycles. The number of ether oxygens (including phenoxy) is 1. The first-order valence-corrected chi connectivity index (χ1v) is 10.2. The summed E-state index contributed by atoms with van der Waals surface area (Å²) in [6, 6.07) is 12.8. The lowest BCUT2D eigenvalue weighted by molar-refractivity contribution is -0.385. The van der Waals surface area contributed by atoms with Gasteiger partial charge >= 0.3 is 11.6 Å². The Kier molecular flexibility index (Phi) is 5.38. The van der Waals surface area contributed by atoms with Crippen molar-refractivity contribution in [3.8, 4) is 16.5 Å². The average molecular weight is 437 g/mol. The highest BCUT2D eigenvalue weighted by molar-refractivity contribution is 7.21. The smallest absolute Gasteiger partial charge is 0.350 e. The van der Waals surface area contributed by atoms with E-state index in [0.29, 0.717) is 5.69 Å². The topological polar surface area (TPSA) is 112 Å². The van der Waals surface area contributed by atoms with Crippen molar-refractivity contribution in [1.29, 1.82) is 0 Å². The largest absolute Gasteiger partial charge is 0.475 e. The highest BCUT2D eigenvalue weighted by Crippen LogP contribution is 2.31. The summed E-state index contributed by atoms with van der Waals surface area (Å²) in [4.78, 5) is 27.7. The number of amides is 1. The number of aryl methyl sites for hydroxylation is 1. The van der Waals surface area contributed by atoms with Crippen LogP contribution in [0.1, 0.15) is 18.5 Å². The molecule has 10 heteroatoms. The third kappa shape index (κ3) is 4.10. The number of carbonyl (C=O) groups excluding carboxylic acids is 1. The number of nitrogens with one attached hydrogen (secondary N) is 1. The molecule has 158 valence electrons. The molecule has 4 rings (SSSR count). The summed E-state index contributed by atoms with van der Waals surface area (Å²) in [6.45, 7) is 3.65. The number of nitrogens with zero attached hydrogens (tertiary/aromatic N) is 4. The SMILES string of the molecule is COc1nn(C(C)C(=O)Nc2ccc(-c3nc4ccc(C)cc4s3)cc2)cc1[N+](=O)[O-]. The maximum Gasteiger partial charge on any atom is 0.350 e. The quantitative estimate of drug-likeness (QED) is 0.349. The summed E-state index contributed by atoms with van der Waals surface area (Å²) in [5, 5.41) is 18.8. The fourth-order valence-corrected chi connectivity index (χ4v) is 4.12. The molecule has 0 fully saturated rings. The van der Waals surface area contributed by atoms with Crippen molar-refractivity contribution < 1.29 is 14.5 Å². The van der Waals surface area contributed by atoms with Gasteiger partial charge in [-0.1, -0.05) is 6.07 Å². The van der Waals surface area contributed by atoms with Gasteiger partial charge in [0.2, 0.25) is 5.91 Å². The molecule has 2 heterocycles. The van der Waals surface area contributed by atoms with Gasteiger partial charge in [-0.15, -0.1) is 16.4 Å². The zero-order chi connectivity index (χ0) is 22.1. The second-order valence-corrected chi connectivity index (χ2v) is 8.02. The van der Waals surface area contributed by atoms with Crippen LogP contribution in [0.2, 0.25) is 0 Å². The molecule has 0 aliphatic heterocycles. The van der Waals surface area contributed by atoms with Crippen LogP contribution in [-0.4, -0.2) is 32.7 Å². The van der Waals surface area contributed by atoms with E-state index in [-0.39, 0.29) is 17.5 Å². The van der Waals surface area contributed by atoms with Crippen molar-refractivity contribution in [3.05, 3.63) is 64.3 Å². The lowest BCUT2D eigenvalue weighted by Gasteiger charge is -2.12. The number of thiazole rings is 1. The molecule has 2 aromatic carbocycles. The zero-order valence-electron chi connectivity index (χ0n) is 17.0. The first-order valence-electron chi connectivity index (χ1n) is 9.41. The van der Waals surface area contributed by atoms with E-state index in [2.05, 4.69) is 28.4 Å². The molecule has 0 aliphatic rings. The maximum atomic E-state index is 12.6. The van der Waals surface area contributed by atoms with Gasteiger partial charge < -0.3 is 10.1 Å². The molecule has 1 N–H and O–H groups in total. The van der Waals surface area contributed by atoms with Crippen LogP contribution < -0.4 is 10.1 Å². The highest BCUT2D eigenvalue weighted by Gasteiger charge is 2.25. The van der Waals surface area contributed by atoms with Crippen LogP contribution >= 0.6 is 11.3 Å². The molecule has 1 atom stereocenters. The number of anilines is 1. The average Bonchev–Trinajstić information content (AvgIpc) is 3.37. The molecule has 2 aromatic heterocycles. The van der Waals surface area contributed by atoms with Gasteiger partial charge in [0.15, 0.2) is 0 Å². The van der Waals surface area contributed by atoms with Crippen molar-refractivity contribution in [2.24, 2.45) is 0 Å². The Morgan fingerprint density at radius 3 is 2.65 bits per heavy atom. The van der Waals surface area contributed by atoms with Crippen LogP contribution in [0.3, 0.4) is 0 Å². The van der Waals surface area contributed by atoms with Crippen LogP contribution in [0.25, 0.3) is 20.8 Å². The minimum absolute atomic E-state index is 0.139. The molecule has 0 aliphatic carbocycles. The van der Waals surface area contributed by atoms with Crippen molar-refractivity contribution in [3.63, 3.8) is 0 Å². The van der Waals surface area contributed by atoms with Crippen molar-refractivity contribution in [2.75, 3.05) is 12.4 Å². The molecule has 0 radical (unpaired) electrons. The molecule has 0 spiro atoms. The molecule has 4 aromatic rings. The predicted molar refractivity (Wildman–Crippen MR) is 119 cm³/mol. The second kappa shape index (κ2) is 8.15. The molecular formula is C21H19N5O4S. The molecule has 0 saturated carbocycles. The van der Waals surface area contributed by atoms with Crippen LogP contribution in [0.4, 0.5) is 11.4 Å². The Balaban J connectivity index is 1.49. The summed E-state index contributed by atoms with van der Waals surface area (Å²) in [5.74, 6) is -0.497. The van der Waals surface area contributed by atoms with Gasteiger partial charge in [0.25, 0.3) is 0 Å². The number of rotatable bonds is 6. The van der Waals surface area contributed by atoms with Crippen molar-refractivity contribution in [1.82, 2.24) is 14.8 Å². The summed E-state index contributed by atoms with van der Waals surface area (Å²) in [5.41, 5.74) is 3.41. The van der Waals surface area contributed by atoms with Crippen LogP contribution in [-0.2, 0) is 4.79 Å². The van der Waals surface area contributed by atoms with Gasteiger partial charge in [0.05, 0.1) is 22.2 Å². The number of methoxy groups -OCH3 is 1. The lowest BCUT2D eigenvalue weighted by atomic mass is 10.2. The van der Waals surface area contributed by atoms with Gasteiger partial charge in [-0.25, -0.2) is 9.67 Å². The third-order valence-electron chi connectivity index (χ3n) is 4.79. The van der Waals surface area contributed by atoms with Crippen molar-refractivity contribution in [2.45, 2.75) is 19.9 Å². The standard InChI is InChI=1S/C21H19N5O4S/c1-12-4-9-16-18(10-12)31-21(23-16)14-5-7-15(8-6-14)22-19(27)13(2)25-11-17(26(28)29)20(24-25)30-3/h4-11,13H,1-3H3,(H,22,27). The lowest BCUT2D eigenvalue weighted by Crippen LogP contribution is -2.24. The minimum Gasteiger partial charge on any atom is -0.475 e. The summed E-state index contributed by atoms with van der Waals surface area (Å²) in [7, 11) is 1.29. The Bertz CT molecular complexity index is 1280. The molecule has 1 amide bonds. The van der Waals surface area contributed by atoms with E-state index in [1.54, 1.807) is 30.4 Å². The first-order chi connectivity index (χ1) is 14.9. The van der Waals surface area contributed by atoms with Gasteiger partial charge in [-0.05, 0) is 55.8 Å². The number of carbonyl (C=O) groups is 1. The molecular weight excluding hydrogens is 418 g/mol. The first kappa shape index (κ1) is 20.5. The number of hydrogen-bond donors (Lipinski definition) is 1. The molecule has 9 nitrogen and oxygen atoms in total. The molecule has 1 unspecified atom stereocenters. The fourth-order valence-electron chi connectivity index (χ4n) is 3.05. The summed E-state index contributed by atoms with van der Waals surface area (Å²) >= 11 is 1.62. The number of hydrogen-bond acceptors (Lipinski definition) is 7. The van der Waals surface area contributed by atoms with E-state index in [9.17, 15) is 14.9 Å². The van der Waals surface area contributed by atoms with Gasteiger partial charge in [0.1, 0.15) is 17.2 Å². The predicted octanol–water partition coefficient (Wildman–Crippen LogP) is 4.58. The number of fused-ring (bicyclic) bond motifs is 1. The number of aromatic nitrogens is 3. The van der Waals surface area contributed by atoms with E-state index >= 15 is 0 Å². The maximum absolute atomic E-state index is 12.6. The van der Waals surface area contributed by atoms with E-state index in [1.165, 1.54) is 23.6 Å². The zero-order valence-corrected chi connectivity index (χ0v) is 17.8. The Morgan fingerprint density at radius 2 is 2.00 bits per heavy atom. The monoisotopic (exact) mass is 437 g/mol. The molecule has 31 heavy (non-hydrogen) atoms. The van der Waals surface area contributed by atoms with Crippen LogP contribution in [0.15, 0.2) is 48.7 Å². The van der Waals surface area contributed by atoms with E-state index in [1.807, 2.05) is 24.3 Å². The minimum atomic E-state index is -0.769.